The first-order valence-electron chi connectivity index (χ1n) is 8.66. The van der Waals surface area contributed by atoms with Crippen LogP contribution in [0.1, 0.15) is 20.8 Å². The van der Waals surface area contributed by atoms with Gasteiger partial charge in [0.05, 0.1) is 21.5 Å². The Morgan fingerprint density at radius 2 is 2.04 bits per heavy atom. The van der Waals surface area contributed by atoms with Crippen LogP contribution in [0.25, 0.3) is 10.8 Å². The van der Waals surface area contributed by atoms with Gasteiger partial charge in [-0.25, -0.2) is 0 Å². The van der Waals surface area contributed by atoms with Crippen molar-refractivity contribution < 1.29 is 14.0 Å². The standard InChI is InChI=1S/C19H18N4O3S2/c1-11(28-18-22-21-15(26-18)14-9-6-10-27-14)16(24)23-13-8-5-4-7-12(13)20-17(25)19(23,2)3/h4-11H,1-3H3,(H,20,25)/t11-/m0/s1. The second kappa shape index (κ2) is 7.06. The van der Waals surface area contributed by atoms with E-state index in [4.69, 9.17) is 4.42 Å². The van der Waals surface area contributed by atoms with Crippen LogP contribution in [-0.2, 0) is 9.59 Å². The number of thiophene rings is 1. The fourth-order valence-electron chi connectivity index (χ4n) is 2.99. The molecule has 0 aliphatic carbocycles. The molecular weight excluding hydrogens is 396 g/mol. The molecule has 1 atom stereocenters. The SMILES string of the molecule is C[C@H](Sc1nnc(-c2cccs2)o1)C(=O)N1c2ccccc2NC(=O)C1(C)C. The van der Waals surface area contributed by atoms with Crippen LogP contribution in [-0.4, -0.2) is 32.8 Å². The molecule has 1 aliphatic rings. The minimum atomic E-state index is -1.02. The summed E-state index contributed by atoms with van der Waals surface area (Å²) in [5, 5.41) is 12.7. The van der Waals surface area contributed by atoms with Crippen molar-refractivity contribution in [1.82, 2.24) is 10.2 Å². The zero-order valence-electron chi connectivity index (χ0n) is 15.5. The topological polar surface area (TPSA) is 88.3 Å². The van der Waals surface area contributed by atoms with Gasteiger partial charge in [0.15, 0.2) is 0 Å². The number of nitrogens with zero attached hydrogens (tertiary/aromatic N) is 3. The maximum atomic E-state index is 13.3. The minimum Gasteiger partial charge on any atom is -0.410 e. The number of fused-ring (bicyclic) bond motifs is 1. The van der Waals surface area contributed by atoms with Gasteiger partial charge in [-0.2, -0.15) is 0 Å². The molecule has 2 amide bonds. The van der Waals surface area contributed by atoms with E-state index in [9.17, 15) is 9.59 Å². The molecule has 0 bridgehead atoms. The molecule has 1 N–H and O–H groups in total. The molecule has 0 unspecified atom stereocenters. The second-order valence-corrected chi connectivity index (χ2v) is 9.05. The van der Waals surface area contributed by atoms with Crippen molar-refractivity contribution >= 4 is 46.3 Å². The smallest absolute Gasteiger partial charge is 0.277 e. The van der Waals surface area contributed by atoms with Gasteiger partial charge in [-0.15, -0.1) is 21.5 Å². The Morgan fingerprint density at radius 3 is 2.79 bits per heavy atom. The number of carbonyl (C=O) groups excluding carboxylic acids is 2. The van der Waals surface area contributed by atoms with E-state index < -0.39 is 10.8 Å². The third-order valence-corrected chi connectivity index (χ3v) is 6.27. The first-order valence-corrected chi connectivity index (χ1v) is 10.4. The van der Waals surface area contributed by atoms with Crippen LogP contribution in [0.4, 0.5) is 11.4 Å². The number of carbonyl (C=O) groups is 2. The van der Waals surface area contributed by atoms with Crippen LogP contribution in [0.2, 0.25) is 0 Å². The molecule has 3 heterocycles. The lowest BCUT2D eigenvalue weighted by atomic mass is 9.96. The lowest BCUT2D eigenvalue weighted by molar-refractivity contribution is -0.126. The molecule has 1 aromatic carbocycles. The summed E-state index contributed by atoms with van der Waals surface area (Å²) in [7, 11) is 0. The van der Waals surface area contributed by atoms with Gasteiger partial charge in [-0.05, 0) is 44.4 Å². The van der Waals surface area contributed by atoms with E-state index in [0.717, 1.165) is 4.88 Å². The van der Waals surface area contributed by atoms with Crippen molar-refractivity contribution in [2.45, 2.75) is 36.8 Å². The summed E-state index contributed by atoms with van der Waals surface area (Å²) in [5.41, 5.74) is 0.279. The lowest BCUT2D eigenvalue weighted by Crippen LogP contribution is -2.60. The molecule has 4 rings (SSSR count). The molecule has 0 spiro atoms. The van der Waals surface area contributed by atoms with E-state index >= 15 is 0 Å². The van der Waals surface area contributed by atoms with Gasteiger partial charge in [0.1, 0.15) is 5.54 Å². The summed E-state index contributed by atoms with van der Waals surface area (Å²) >= 11 is 2.69. The summed E-state index contributed by atoms with van der Waals surface area (Å²) < 4.78 is 5.68. The van der Waals surface area contributed by atoms with Crippen LogP contribution in [0, 0.1) is 0 Å². The molecule has 144 valence electrons. The molecule has 0 saturated carbocycles. The van der Waals surface area contributed by atoms with Crippen molar-refractivity contribution in [3.8, 4) is 10.8 Å². The van der Waals surface area contributed by atoms with E-state index in [0.29, 0.717) is 22.5 Å². The van der Waals surface area contributed by atoms with Gasteiger partial charge in [0.2, 0.25) is 11.8 Å². The summed E-state index contributed by atoms with van der Waals surface area (Å²) in [5.74, 6) is 0.00266. The fraction of sp³-hybridized carbons (Fsp3) is 0.263. The van der Waals surface area contributed by atoms with E-state index in [-0.39, 0.29) is 11.8 Å². The number of para-hydroxylation sites is 2. The van der Waals surface area contributed by atoms with E-state index in [1.165, 1.54) is 23.1 Å². The number of anilines is 2. The number of rotatable bonds is 4. The summed E-state index contributed by atoms with van der Waals surface area (Å²) in [6.07, 6.45) is 0. The van der Waals surface area contributed by atoms with Gasteiger partial charge in [-0.3, -0.25) is 14.5 Å². The van der Waals surface area contributed by atoms with Crippen molar-refractivity contribution in [2.24, 2.45) is 0 Å². The van der Waals surface area contributed by atoms with E-state index in [1.54, 1.807) is 31.7 Å². The zero-order valence-corrected chi connectivity index (χ0v) is 17.1. The van der Waals surface area contributed by atoms with Crippen LogP contribution in [0.15, 0.2) is 51.4 Å². The highest BCUT2D eigenvalue weighted by Gasteiger charge is 2.45. The third-order valence-electron chi connectivity index (χ3n) is 4.49. The molecule has 0 saturated heterocycles. The molecule has 0 fully saturated rings. The molecule has 1 aliphatic heterocycles. The predicted molar refractivity (Wildman–Crippen MR) is 110 cm³/mol. The number of benzene rings is 1. The van der Waals surface area contributed by atoms with Gasteiger partial charge in [0, 0.05) is 0 Å². The average Bonchev–Trinajstić information content (AvgIpc) is 3.33. The van der Waals surface area contributed by atoms with Crippen LogP contribution >= 0.6 is 23.1 Å². The third kappa shape index (κ3) is 3.20. The van der Waals surface area contributed by atoms with Crippen molar-refractivity contribution in [1.29, 1.82) is 0 Å². The van der Waals surface area contributed by atoms with Crippen LogP contribution in [0.5, 0.6) is 0 Å². The molecule has 28 heavy (non-hydrogen) atoms. The molecule has 9 heteroatoms. The maximum Gasteiger partial charge on any atom is 0.277 e. The summed E-state index contributed by atoms with van der Waals surface area (Å²) in [4.78, 5) is 28.3. The first-order chi connectivity index (χ1) is 13.4. The van der Waals surface area contributed by atoms with Crippen molar-refractivity contribution in [2.75, 3.05) is 10.2 Å². The highest BCUT2D eigenvalue weighted by atomic mass is 32.2. The minimum absolute atomic E-state index is 0.201. The number of hydrogen-bond donors (Lipinski definition) is 1. The first kappa shape index (κ1) is 18.7. The Kier molecular flexibility index (Phi) is 4.72. The number of nitrogens with one attached hydrogen (secondary N) is 1. The number of amides is 2. The Hall–Kier alpha value is -2.65. The molecular formula is C19H18N4O3S2. The number of hydrogen-bond acceptors (Lipinski definition) is 7. The Morgan fingerprint density at radius 1 is 1.25 bits per heavy atom. The number of aromatic nitrogens is 2. The zero-order chi connectivity index (χ0) is 19.9. The highest BCUT2D eigenvalue weighted by molar-refractivity contribution is 8.00. The summed E-state index contributed by atoms with van der Waals surface area (Å²) in [6, 6.07) is 11.1. The Balaban J connectivity index is 1.59. The number of thioether (sulfide) groups is 1. The van der Waals surface area contributed by atoms with E-state index in [1.807, 2.05) is 35.7 Å². The molecule has 2 aromatic heterocycles. The van der Waals surface area contributed by atoms with Gasteiger partial charge >= 0.3 is 0 Å². The molecule has 3 aromatic rings. The van der Waals surface area contributed by atoms with Crippen LogP contribution in [0.3, 0.4) is 0 Å². The van der Waals surface area contributed by atoms with Gasteiger partial charge in [0.25, 0.3) is 11.1 Å². The second-order valence-electron chi connectivity index (χ2n) is 6.81. The quantitative estimate of drug-likeness (QED) is 0.648. The van der Waals surface area contributed by atoms with Crippen molar-refractivity contribution in [3.63, 3.8) is 0 Å². The van der Waals surface area contributed by atoms with Gasteiger partial charge < -0.3 is 9.73 Å². The maximum absolute atomic E-state index is 13.3. The predicted octanol–water partition coefficient (Wildman–Crippen LogP) is 4.04. The van der Waals surface area contributed by atoms with E-state index in [2.05, 4.69) is 15.5 Å². The molecule has 7 nitrogen and oxygen atoms in total. The van der Waals surface area contributed by atoms with Crippen molar-refractivity contribution in [3.05, 3.63) is 41.8 Å². The average molecular weight is 415 g/mol. The summed E-state index contributed by atoms with van der Waals surface area (Å²) in [6.45, 7) is 5.23. The Bertz CT molecular complexity index is 1030. The molecule has 0 radical (unpaired) electrons. The largest absolute Gasteiger partial charge is 0.410 e. The lowest BCUT2D eigenvalue weighted by Gasteiger charge is -2.42. The highest BCUT2D eigenvalue weighted by Crippen LogP contribution is 2.39. The Labute approximate surface area is 170 Å². The van der Waals surface area contributed by atoms with Gasteiger partial charge in [-0.1, -0.05) is 30.0 Å². The monoisotopic (exact) mass is 414 g/mol. The van der Waals surface area contributed by atoms with Crippen LogP contribution < -0.4 is 10.2 Å². The fourth-order valence-corrected chi connectivity index (χ4v) is 4.35. The normalized spacial score (nSPS) is 16.4.